The number of non-ortho nitro benzene ring substituents is 1. The number of fused-ring (bicyclic) bond motifs is 1. The number of nitrogens with zero attached hydrogens (tertiary/aromatic N) is 3. The highest BCUT2D eigenvalue weighted by Crippen LogP contribution is 2.25. The van der Waals surface area contributed by atoms with E-state index in [4.69, 9.17) is 0 Å². The molecule has 0 atom stereocenters. The zero-order valence-corrected chi connectivity index (χ0v) is 13.6. The fourth-order valence-electron chi connectivity index (χ4n) is 3.20. The molecule has 0 spiro atoms. The number of hydrogen-bond acceptors (Lipinski definition) is 5. The van der Waals surface area contributed by atoms with E-state index < -0.39 is 4.92 Å². The third-order valence-corrected chi connectivity index (χ3v) is 4.66. The van der Waals surface area contributed by atoms with Gasteiger partial charge in [-0.3, -0.25) is 20.0 Å². The molecule has 2 aromatic rings. The summed E-state index contributed by atoms with van der Waals surface area (Å²) < 4.78 is 0. The van der Waals surface area contributed by atoms with E-state index in [1.54, 1.807) is 11.0 Å². The molecule has 0 bridgehead atoms. The third-order valence-electron chi connectivity index (χ3n) is 4.66. The molecule has 1 amide bonds. The molecule has 2 N–H and O–H groups in total. The summed E-state index contributed by atoms with van der Waals surface area (Å²) in [6.45, 7) is 2.40. The van der Waals surface area contributed by atoms with Gasteiger partial charge in [0, 0.05) is 30.6 Å². The maximum absolute atomic E-state index is 12.7. The van der Waals surface area contributed by atoms with E-state index >= 15 is 0 Å². The second kappa shape index (κ2) is 6.96. The number of amides is 1. The lowest BCUT2D eigenvalue weighted by atomic mass is 9.93. The van der Waals surface area contributed by atoms with Crippen molar-refractivity contribution in [1.82, 2.24) is 20.4 Å². The van der Waals surface area contributed by atoms with Gasteiger partial charge in [0.2, 0.25) is 0 Å². The summed E-state index contributed by atoms with van der Waals surface area (Å²) in [5, 5.41) is 21.5. The smallest absolute Gasteiger partial charge is 0.274 e. The van der Waals surface area contributed by atoms with Gasteiger partial charge in [0.1, 0.15) is 0 Å². The Hall–Kier alpha value is -2.48. The van der Waals surface area contributed by atoms with Crippen LogP contribution in [0.3, 0.4) is 0 Å². The van der Waals surface area contributed by atoms with E-state index in [-0.39, 0.29) is 17.3 Å². The Morgan fingerprint density at radius 3 is 2.88 bits per heavy atom. The molecule has 24 heavy (non-hydrogen) atoms. The first-order valence-corrected chi connectivity index (χ1v) is 8.16. The van der Waals surface area contributed by atoms with Gasteiger partial charge in [0.15, 0.2) is 5.69 Å². The van der Waals surface area contributed by atoms with Crippen LogP contribution >= 0.6 is 0 Å². The number of likely N-dealkylation sites (tertiary alicyclic amines) is 1. The number of rotatable bonds is 5. The van der Waals surface area contributed by atoms with Crippen LogP contribution in [0, 0.1) is 16.0 Å². The van der Waals surface area contributed by atoms with Gasteiger partial charge in [-0.2, -0.15) is 5.10 Å². The zero-order chi connectivity index (χ0) is 17.1. The maximum Gasteiger partial charge on any atom is 0.274 e. The molecule has 1 aliphatic rings. The minimum absolute atomic E-state index is 0.0382. The van der Waals surface area contributed by atoms with Crippen LogP contribution in [0.1, 0.15) is 29.8 Å². The lowest BCUT2D eigenvalue weighted by molar-refractivity contribution is -0.384. The Kier molecular flexibility index (Phi) is 4.75. The molecule has 128 valence electrons. The van der Waals surface area contributed by atoms with Crippen molar-refractivity contribution in [2.75, 3.05) is 26.7 Å². The van der Waals surface area contributed by atoms with Gasteiger partial charge in [-0.25, -0.2) is 0 Å². The number of nitrogens with one attached hydrogen (secondary N) is 2. The van der Waals surface area contributed by atoms with Gasteiger partial charge in [-0.05, 0) is 44.8 Å². The predicted molar refractivity (Wildman–Crippen MR) is 89.9 cm³/mol. The minimum atomic E-state index is -0.464. The number of carbonyl (C=O) groups excluding carboxylic acids is 1. The lowest BCUT2D eigenvalue weighted by Crippen LogP contribution is -2.39. The van der Waals surface area contributed by atoms with E-state index in [1.165, 1.54) is 12.1 Å². The molecule has 0 aliphatic carbocycles. The number of nitro benzene ring substituents is 1. The number of benzene rings is 1. The van der Waals surface area contributed by atoms with Crippen LogP contribution in [0.25, 0.3) is 10.9 Å². The Balaban J connectivity index is 1.75. The van der Waals surface area contributed by atoms with Crippen LogP contribution < -0.4 is 5.32 Å². The van der Waals surface area contributed by atoms with Gasteiger partial charge in [0.05, 0.1) is 10.4 Å². The average molecular weight is 331 g/mol. The van der Waals surface area contributed by atoms with Crippen molar-refractivity contribution in [3.8, 4) is 0 Å². The summed E-state index contributed by atoms with van der Waals surface area (Å²) in [7, 11) is 1.94. The van der Waals surface area contributed by atoms with E-state index in [0.717, 1.165) is 25.8 Å². The Labute approximate surface area is 139 Å². The Morgan fingerprint density at radius 1 is 1.46 bits per heavy atom. The second-order valence-corrected chi connectivity index (χ2v) is 6.19. The molecule has 8 nitrogen and oxygen atoms in total. The molecule has 3 rings (SSSR count). The molecular formula is C16H21N5O3. The van der Waals surface area contributed by atoms with Gasteiger partial charge in [-0.15, -0.1) is 0 Å². The first-order valence-electron chi connectivity index (χ1n) is 8.16. The molecular weight excluding hydrogens is 310 g/mol. The minimum Gasteiger partial charge on any atom is -0.337 e. The number of H-pyrrole nitrogens is 1. The molecule has 1 saturated heterocycles. The lowest BCUT2D eigenvalue weighted by Gasteiger charge is -2.31. The molecule has 2 heterocycles. The molecule has 1 fully saturated rings. The molecule has 1 aliphatic heterocycles. The predicted octanol–water partition coefficient (Wildman–Crippen LogP) is 1.93. The SMILES string of the molecule is CNCCC1CCN(C(=O)c2n[nH]c3ccc([N+](=O)[O-])cc23)CC1. The van der Waals surface area contributed by atoms with E-state index in [0.29, 0.717) is 29.9 Å². The van der Waals surface area contributed by atoms with Gasteiger partial charge >= 0.3 is 0 Å². The summed E-state index contributed by atoms with van der Waals surface area (Å²) in [4.78, 5) is 25.0. The van der Waals surface area contributed by atoms with Crippen molar-refractivity contribution in [3.05, 3.63) is 34.0 Å². The van der Waals surface area contributed by atoms with Crippen LogP contribution in [0.2, 0.25) is 0 Å². The fraction of sp³-hybridized carbons (Fsp3) is 0.500. The van der Waals surface area contributed by atoms with Crippen molar-refractivity contribution >= 4 is 22.5 Å². The number of carbonyl (C=O) groups is 1. The number of nitro groups is 1. The van der Waals surface area contributed by atoms with Gasteiger partial charge < -0.3 is 10.2 Å². The normalized spacial score (nSPS) is 15.8. The average Bonchev–Trinajstić information content (AvgIpc) is 3.02. The number of aromatic nitrogens is 2. The summed E-state index contributed by atoms with van der Waals surface area (Å²) in [5.41, 5.74) is 0.860. The standard InChI is InChI=1S/C16H21N5O3/c1-17-7-4-11-5-8-20(9-6-11)16(22)15-13-10-12(21(23)24)2-3-14(13)18-19-15/h2-3,10-11,17H,4-9H2,1H3,(H,18,19). The maximum atomic E-state index is 12.7. The topological polar surface area (TPSA) is 104 Å². The summed E-state index contributed by atoms with van der Waals surface area (Å²) >= 11 is 0. The quantitative estimate of drug-likeness (QED) is 0.643. The van der Waals surface area contributed by atoms with Crippen LogP contribution in [0.4, 0.5) is 5.69 Å². The zero-order valence-electron chi connectivity index (χ0n) is 13.6. The summed E-state index contributed by atoms with van der Waals surface area (Å²) in [6.07, 6.45) is 3.09. The number of aromatic amines is 1. The highest BCUT2D eigenvalue weighted by molar-refractivity contribution is 6.05. The monoisotopic (exact) mass is 331 g/mol. The highest BCUT2D eigenvalue weighted by atomic mass is 16.6. The summed E-state index contributed by atoms with van der Waals surface area (Å²) in [5.74, 6) is 0.479. The van der Waals surface area contributed by atoms with Gasteiger partial charge in [0.25, 0.3) is 11.6 Å². The molecule has 0 saturated carbocycles. The van der Waals surface area contributed by atoms with E-state index in [9.17, 15) is 14.9 Å². The van der Waals surface area contributed by atoms with Crippen LogP contribution in [0.15, 0.2) is 18.2 Å². The Bertz CT molecular complexity index is 749. The second-order valence-electron chi connectivity index (χ2n) is 6.19. The Morgan fingerprint density at radius 2 is 2.21 bits per heavy atom. The van der Waals surface area contributed by atoms with Crippen LogP contribution in [0.5, 0.6) is 0 Å². The van der Waals surface area contributed by atoms with Gasteiger partial charge in [-0.1, -0.05) is 0 Å². The fourth-order valence-corrected chi connectivity index (χ4v) is 3.20. The molecule has 1 aromatic heterocycles. The first-order chi connectivity index (χ1) is 11.6. The highest BCUT2D eigenvalue weighted by Gasteiger charge is 2.26. The number of piperidine rings is 1. The molecule has 0 radical (unpaired) electrons. The van der Waals surface area contributed by atoms with Crippen molar-refractivity contribution in [2.45, 2.75) is 19.3 Å². The van der Waals surface area contributed by atoms with E-state index in [1.807, 2.05) is 7.05 Å². The molecule has 0 unspecified atom stereocenters. The van der Waals surface area contributed by atoms with Crippen molar-refractivity contribution in [2.24, 2.45) is 5.92 Å². The molecule has 1 aromatic carbocycles. The molecule has 8 heteroatoms. The van der Waals surface area contributed by atoms with Crippen molar-refractivity contribution in [3.63, 3.8) is 0 Å². The van der Waals surface area contributed by atoms with Crippen molar-refractivity contribution in [1.29, 1.82) is 0 Å². The summed E-state index contributed by atoms with van der Waals surface area (Å²) in [6, 6.07) is 4.40. The third kappa shape index (κ3) is 3.23. The van der Waals surface area contributed by atoms with Crippen molar-refractivity contribution < 1.29 is 9.72 Å². The van der Waals surface area contributed by atoms with Crippen LogP contribution in [-0.4, -0.2) is 52.6 Å². The first kappa shape index (κ1) is 16.4. The number of hydrogen-bond donors (Lipinski definition) is 2. The largest absolute Gasteiger partial charge is 0.337 e. The van der Waals surface area contributed by atoms with Crippen LogP contribution in [-0.2, 0) is 0 Å². The van der Waals surface area contributed by atoms with E-state index in [2.05, 4.69) is 15.5 Å².